The van der Waals surface area contributed by atoms with E-state index in [2.05, 4.69) is 6.92 Å². The summed E-state index contributed by atoms with van der Waals surface area (Å²) in [6.45, 7) is 4.54. The number of amides is 1. The van der Waals surface area contributed by atoms with Crippen molar-refractivity contribution < 1.29 is 13.9 Å². The van der Waals surface area contributed by atoms with Crippen LogP contribution < -0.4 is 0 Å². The van der Waals surface area contributed by atoms with Crippen molar-refractivity contribution in [3.05, 3.63) is 24.2 Å². The van der Waals surface area contributed by atoms with Crippen molar-refractivity contribution >= 4 is 5.91 Å². The topological polar surface area (TPSA) is 42.7 Å². The summed E-state index contributed by atoms with van der Waals surface area (Å²) in [5.74, 6) is 0.353. The maximum atomic E-state index is 12.0. The molecular weight excluding hydrogens is 218 g/mol. The molecule has 94 valence electrons. The second-order valence-corrected chi connectivity index (χ2v) is 5.06. The Kier molecular flexibility index (Phi) is 3.52. The van der Waals surface area contributed by atoms with Gasteiger partial charge in [-0.2, -0.15) is 0 Å². The predicted molar refractivity (Wildman–Crippen MR) is 63.8 cm³/mol. The van der Waals surface area contributed by atoms with Gasteiger partial charge in [0, 0.05) is 26.8 Å². The van der Waals surface area contributed by atoms with Gasteiger partial charge in [0.05, 0.1) is 6.26 Å². The summed E-state index contributed by atoms with van der Waals surface area (Å²) < 4.78 is 10.5. The fourth-order valence-electron chi connectivity index (χ4n) is 2.26. The van der Waals surface area contributed by atoms with E-state index in [1.807, 2.05) is 7.05 Å². The van der Waals surface area contributed by atoms with E-state index < -0.39 is 0 Å². The molecule has 1 fully saturated rings. The second kappa shape index (κ2) is 4.92. The van der Waals surface area contributed by atoms with Gasteiger partial charge in [-0.15, -0.1) is 0 Å². The maximum Gasteiger partial charge on any atom is 0.289 e. The molecule has 1 aromatic heterocycles. The monoisotopic (exact) mass is 237 g/mol. The van der Waals surface area contributed by atoms with Gasteiger partial charge in [-0.25, -0.2) is 0 Å². The molecule has 0 aliphatic carbocycles. The molecule has 0 aromatic carbocycles. The second-order valence-electron chi connectivity index (χ2n) is 5.06. The molecule has 0 spiro atoms. The van der Waals surface area contributed by atoms with Gasteiger partial charge in [0.25, 0.3) is 5.91 Å². The normalized spacial score (nSPS) is 18.9. The van der Waals surface area contributed by atoms with Crippen LogP contribution in [0.1, 0.15) is 30.3 Å². The first-order valence-corrected chi connectivity index (χ1v) is 5.97. The lowest BCUT2D eigenvalue weighted by Gasteiger charge is -2.36. The molecule has 1 aliphatic rings. The highest BCUT2D eigenvalue weighted by Crippen LogP contribution is 2.30. The van der Waals surface area contributed by atoms with Crippen molar-refractivity contribution in [2.45, 2.75) is 19.8 Å². The highest BCUT2D eigenvalue weighted by atomic mass is 16.5. The molecule has 1 aliphatic heterocycles. The summed E-state index contributed by atoms with van der Waals surface area (Å²) in [6.07, 6.45) is 3.53. The summed E-state index contributed by atoms with van der Waals surface area (Å²) in [4.78, 5) is 13.8. The van der Waals surface area contributed by atoms with Gasteiger partial charge in [0.15, 0.2) is 5.76 Å². The smallest absolute Gasteiger partial charge is 0.289 e. The molecule has 0 unspecified atom stereocenters. The number of furan rings is 1. The Morgan fingerprint density at radius 3 is 2.76 bits per heavy atom. The molecule has 4 nitrogen and oxygen atoms in total. The molecule has 0 N–H and O–H groups in total. The third kappa shape index (κ3) is 2.88. The molecule has 0 saturated carbocycles. The zero-order chi connectivity index (χ0) is 12.3. The van der Waals surface area contributed by atoms with Gasteiger partial charge in [-0.3, -0.25) is 4.79 Å². The molecule has 4 heteroatoms. The van der Waals surface area contributed by atoms with Crippen LogP contribution in [0, 0.1) is 5.41 Å². The minimum absolute atomic E-state index is 0.0530. The van der Waals surface area contributed by atoms with Crippen LogP contribution >= 0.6 is 0 Å². The van der Waals surface area contributed by atoms with E-state index in [0.717, 1.165) is 32.6 Å². The van der Waals surface area contributed by atoms with Crippen molar-refractivity contribution in [2.75, 3.05) is 26.8 Å². The van der Waals surface area contributed by atoms with E-state index in [1.54, 1.807) is 17.0 Å². The molecule has 0 atom stereocenters. The lowest BCUT2D eigenvalue weighted by molar-refractivity contribution is 0.00863. The molecule has 1 amide bonds. The summed E-state index contributed by atoms with van der Waals surface area (Å²) in [7, 11) is 1.82. The minimum Gasteiger partial charge on any atom is -0.459 e. The van der Waals surface area contributed by atoms with Gasteiger partial charge in [-0.05, 0) is 30.4 Å². The van der Waals surface area contributed by atoms with Crippen LogP contribution in [0.15, 0.2) is 22.8 Å². The van der Waals surface area contributed by atoms with Crippen LogP contribution in [-0.2, 0) is 4.74 Å². The molecule has 1 aromatic rings. The molecule has 2 heterocycles. The van der Waals surface area contributed by atoms with Gasteiger partial charge < -0.3 is 14.1 Å². The number of rotatable bonds is 3. The van der Waals surface area contributed by atoms with E-state index >= 15 is 0 Å². The van der Waals surface area contributed by atoms with E-state index in [9.17, 15) is 4.79 Å². The number of hydrogen-bond acceptors (Lipinski definition) is 3. The number of carbonyl (C=O) groups excluding carboxylic acids is 1. The maximum absolute atomic E-state index is 12.0. The van der Waals surface area contributed by atoms with Gasteiger partial charge in [0.1, 0.15) is 0 Å². The fourth-order valence-corrected chi connectivity index (χ4v) is 2.26. The Labute approximate surface area is 102 Å². The summed E-state index contributed by atoms with van der Waals surface area (Å²) >= 11 is 0. The van der Waals surface area contributed by atoms with Crippen molar-refractivity contribution in [3.63, 3.8) is 0 Å². The van der Waals surface area contributed by atoms with Crippen LogP contribution in [0.5, 0.6) is 0 Å². The van der Waals surface area contributed by atoms with Gasteiger partial charge >= 0.3 is 0 Å². The van der Waals surface area contributed by atoms with Crippen LogP contribution in [0.4, 0.5) is 0 Å². The Balaban J connectivity index is 1.96. The number of carbonyl (C=O) groups is 1. The Morgan fingerprint density at radius 2 is 2.18 bits per heavy atom. The quantitative estimate of drug-likeness (QED) is 0.809. The highest BCUT2D eigenvalue weighted by molar-refractivity contribution is 5.91. The number of nitrogens with zero attached hydrogens (tertiary/aromatic N) is 1. The lowest BCUT2D eigenvalue weighted by atomic mass is 9.82. The summed E-state index contributed by atoms with van der Waals surface area (Å²) in [5, 5.41) is 0. The molecule has 0 radical (unpaired) electrons. The standard InChI is InChI=1S/C13H19NO3/c1-13(5-8-16-9-6-13)10-14(2)12(15)11-4-3-7-17-11/h3-4,7H,5-6,8-10H2,1-2H3. The first-order chi connectivity index (χ1) is 8.11. The van der Waals surface area contributed by atoms with Crippen molar-refractivity contribution in [2.24, 2.45) is 5.41 Å². The van der Waals surface area contributed by atoms with Crippen LogP contribution in [0.25, 0.3) is 0 Å². The highest BCUT2D eigenvalue weighted by Gasteiger charge is 2.30. The SMILES string of the molecule is CN(CC1(C)CCOCC1)C(=O)c1ccco1. The Bertz CT molecular complexity index is 366. The van der Waals surface area contributed by atoms with Gasteiger partial charge in [-0.1, -0.05) is 6.92 Å². The fraction of sp³-hybridized carbons (Fsp3) is 0.615. The zero-order valence-corrected chi connectivity index (χ0v) is 10.4. The molecular formula is C13H19NO3. The number of ether oxygens (including phenoxy) is 1. The summed E-state index contributed by atoms with van der Waals surface area (Å²) in [6, 6.07) is 3.43. The predicted octanol–water partition coefficient (Wildman–Crippen LogP) is 2.17. The molecule has 0 bridgehead atoms. The van der Waals surface area contributed by atoms with E-state index in [4.69, 9.17) is 9.15 Å². The molecule has 1 saturated heterocycles. The van der Waals surface area contributed by atoms with Crippen molar-refractivity contribution in [1.29, 1.82) is 0 Å². The third-order valence-electron chi connectivity index (χ3n) is 3.40. The van der Waals surface area contributed by atoms with E-state index in [-0.39, 0.29) is 11.3 Å². The first kappa shape index (κ1) is 12.2. The Hall–Kier alpha value is -1.29. The van der Waals surface area contributed by atoms with Gasteiger partial charge in [0.2, 0.25) is 0 Å². The zero-order valence-electron chi connectivity index (χ0n) is 10.4. The van der Waals surface area contributed by atoms with Crippen molar-refractivity contribution in [3.8, 4) is 0 Å². The molecule has 17 heavy (non-hydrogen) atoms. The largest absolute Gasteiger partial charge is 0.459 e. The number of hydrogen-bond donors (Lipinski definition) is 0. The van der Waals surface area contributed by atoms with Crippen molar-refractivity contribution in [1.82, 2.24) is 4.90 Å². The first-order valence-electron chi connectivity index (χ1n) is 5.97. The minimum atomic E-state index is -0.0530. The average Bonchev–Trinajstić information content (AvgIpc) is 2.81. The van der Waals surface area contributed by atoms with Crippen LogP contribution in [-0.4, -0.2) is 37.6 Å². The summed E-state index contributed by atoms with van der Waals surface area (Å²) in [5.41, 5.74) is 0.162. The Morgan fingerprint density at radius 1 is 1.47 bits per heavy atom. The third-order valence-corrected chi connectivity index (χ3v) is 3.40. The molecule has 2 rings (SSSR count). The van der Waals surface area contributed by atoms with E-state index in [1.165, 1.54) is 6.26 Å². The lowest BCUT2D eigenvalue weighted by Crippen LogP contribution is -2.40. The van der Waals surface area contributed by atoms with Crippen LogP contribution in [0.3, 0.4) is 0 Å². The average molecular weight is 237 g/mol. The van der Waals surface area contributed by atoms with Crippen LogP contribution in [0.2, 0.25) is 0 Å². The van der Waals surface area contributed by atoms with E-state index in [0.29, 0.717) is 5.76 Å².